The Kier molecular flexibility index (Phi) is 7.39. The van der Waals surface area contributed by atoms with Gasteiger partial charge in [0.05, 0.1) is 5.75 Å². The smallest absolute Gasteiger partial charge is 0.224 e. The van der Waals surface area contributed by atoms with E-state index in [9.17, 15) is 9.59 Å². The zero-order chi connectivity index (χ0) is 18.2. The fourth-order valence-corrected chi connectivity index (χ4v) is 3.48. The SMILES string of the molecule is CCC(=O)Nc1ccc(C(=O)CSc2nnc(NCC(C)C)s2)cc1. The van der Waals surface area contributed by atoms with E-state index in [4.69, 9.17) is 0 Å². The van der Waals surface area contributed by atoms with Crippen LogP contribution in [0.5, 0.6) is 0 Å². The lowest BCUT2D eigenvalue weighted by Crippen LogP contribution is -2.09. The second-order valence-corrected chi connectivity index (χ2v) is 8.04. The van der Waals surface area contributed by atoms with Crippen LogP contribution in [0, 0.1) is 5.92 Å². The van der Waals surface area contributed by atoms with Gasteiger partial charge < -0.3 is 10.6 Å². The number of nitrogens with one attached hydrogen (secondary N) is 2. The molecule has 0 atom stereocenters. The van der Waals surface area contributed by atoms with Gasteiger partial charge in [-0.15, -0.1) is 10.2 Å². The molecule has 1 amide bonds. The van der Waals surface area contributed by atoms with E-state index in [1.54, 1.807) is 31.2 Å². The number of anilines is 2. The van der Waals surface area contributed by atoms with Crippen molar-refractivity contribution in [2.24, 2.45) is 5.92 Å². The molecular formula is C17H22N4O2S2. The highest BCUT2D eigenvalue weighted by molar-refractivity contribution is 8.01. The van der Waals surface area contributed by atoms with Crippen molar-refractivity contribution < 1.29 is 9.59 Å². The molecule has 2 rings (SSSR count). The van der Waals surface area contributed by atoms with Gasteiger partial charge in [0.2, 0.25) is 11.0 Å². The Morgan fingerprint density at radius 2 is 1.92 bits per heavy atom. The molecule has 0 aliphatic heterocycles. The first-order valence-corrected chi connectivity index (χ1v) is 9.91. The number of hydrogen-bond donors (Lipinski definition) is 2. The summed E-state index contributed by atoms with van der Waals surface area (Å²) in [7, 11) is 0. The Morgan fingerprint density at radius 3 is 2.56 bits per heavy atom. The fourth-order valence-electron chi connectivity index (χ4n) is 1.83. The van der Waals surface area contributed by atoms with Gasteiger partial charge in [-0.1, -0.05) is 43.9 Å². The molecule has 25 heavy (non-hydrogen) atoms. The van der Waals surface area contributed by atoms with Crippen molar-refractivity contribution >= 4 is 45.6 Å². The topological polar surface area (TPSA) is 84.0 Å². The van der Waals surface area contributed by atoms with Gasteiger partial charge in [-0.3, -0.25) is 9.59 Å². The van der Waals surface area contributed by atoms with Gasteiger partial charge in [0.15, 0.2) is 10.1 Å². The van der Waals surface area contributed by atoms with Crippen LogP contribution in [0.2, 0.25) is 0 Å². The van der Waals surface area contributed by atoms with Gasteiger partial charge >= 0.3 is 0 Å². The van der Waals surface area contributed by atoms with E-state index in [0.717, 1.165) is 16.0 Å². The van der Waals surface area contributed by atoms with Gasteiger partial charge in [-0.05, 0) is 30.2 Å². The van der Waals surface area contributed by atoms with E-state index in [0.29, 0.717) is 29.3 Å². The average Bonchev–Trinajstić information content (AvgIpc) is 3.06. The summed E-state index contributed by atoms with van der Waals surface area (Å²) < 4.78 is 0.770. The lowest BCUT2D eigenvalue weighted by molar-refractivity contribution is -0.115. The number of rotatable bonds is 9. The van der Waals surface area contributed by atoms with Gasteiger partial charge in [0.1, 0.15) is 0 Å². The van der Waals surface area contributed by atoms with E-state index < -0.39 is 0 Å². The molecule has 2 aromatic rings. The first-order valence-electron chi connectivity index (χ1n) is 8.11. The second kappa shape index (κ2) is 9.53. The Labute approximate surface area is 155 Å². The summed E-state index contributed by atoms with van der Waals surface area (Å²) in [5.41, 5.74) is 1.31. The summed E-state index contributed by atoms with van der Waals surface area (Å²) in [6.45, 7) is 6.89. The van der Waals surface area contributed by atoms with Crippen LogP contribution in [-0.2, 0) is 4.79 Å². The molecule has 0 aliphatic rings. The molecule has 0 aliphatic carbocycles. The number of hydrogen-bond acceptors (Lipinski definition) is 7. The molecule has 1 aromatic carbocycles. The minimum absolute atomic E-state index is 0.0188. The molecule has 8 heteroatoms. The van der Waals surface area contributed by atoms with Crippen molar-refractivity contribution in [3.8, 4) is 0 Å². The number of amides is 1. The maximum Gasteiger partial charge on any atom is 0.224 e. The van der Waals surface area contributed by atoms with Gasteiger partial charge in [0, 0.05) is 24.2 Å². The number of benzene rings is 1. The number of carbonyl (C=O) groups is 2. The molecule has 1 heterocycles. The van der Waals surface area contributed by atoms with E-state index in [-0.39, 0.29) is 11.7 Å². The van der Waals surface area contributed by atoms with Crippen LogP contribution >= 0.6 is 23.1 Å². The third-order valence-corrected chi connectivity index (χ3v) is 5.22. The Balaban J connectivity index is 1.84. The van der Waals surface area contributed by atoms with Crippen LogP contribution in [-0.4, -0.2) is 34.2 Å². The van der Waals surface area contributed by atoms with Crippen LogP contribution in [0.25, 0.3) is 0 Å². The number of aromatic nitrogens is 2. The van der Waals surface area contributed by atoms with Gasteiger partial charge in [-0.25, -0.2) is 0 Å². The molecule has 0 bridgehead atoms. The minimum atomic E-state index is -0.0483. The Morgan fingerprint density at radius 1 is 1.20 bits per heavy atom. The molecule has 0 radical (unpaired) electrons. The molecule has 134 valence electrons. The molecule has 0 saturated carbocycles. The van der Waals surface area contributed by atoms with Crippen LogP contribution in [0.4, 0.5) is 10.8 Å². The normalized spacial score (nSPS) is 10.7. The van der Waals surface area contributed by atoms with Crippen molar-refractivity contribution in [1.82, 2.24) is 10.2 Å². The molecule has 2 N–H and O–H groups in total. The maximum absolute atomic E-state index is 12.3. The quantitative estimate of drug-likeness (QED) is 0.508. The number of carbonyl (C=O) groups excluding carboxylic acids is 2. The van der Waals surface area contributed by atoms with E-state index in [2.05, 4.69) is 34.7 Å². The molecule has 0 fully saturated rings. The predicted octanol–water partition coefficient (Wildman–Crippen LogP) is 3.93. The van der Waals surface area contributed by atoms with Crippen molar-refractivity contribution in [3.05, 3.63) is 29.8 Å². The minimum Gasteiger partial charge on any atom is -0.360 e. The summed E-state index contributed by atoms with van der Waals surface area (Å²) in [6.07, 6.45) is 0.424. The lowest BCUT2D eigenvalue weighted by atomic mass is 10.1. The molecule has 1 aromatic heterocycles. The molecule has 0 spiro atoms. The van der Waals surface area contributed by atoms with Crippen LogP contribution in [0.15, 0.2) is 28.6 Å². The first-order chi connectivity index (χ1) is 12.0. The van der Waals surface area contributed by atoms with Gasteiger partial charge in [0.25, 0.3) is 0 Å². The summed E-state index contributed by atoms with van der Waals surface area (Å²) >= 11 is 2.84. The molecule has 6 nitrogen and oxygen atoms in total. The maximum atomic E-state index is 12.3. The lowest BCUT2D eigenvalue weighted by Gasteiger charge is -2.04. The van der Waals surface area contributed by atoms with Crippen LogP contribution < -0.4 is 10.6 Å². The predicted molar refractivity (Wildman–Crippen MR) is 104 cm³/mol. The van der Waals surface area contributed by atoms with Crippen molar-refractivity contribution in [2.45, 2.75) is 31.5 Å². The van der Waals surface area contributed by atoms with E-state index in [1.807, 2.05) is 0 Å². The van der Waals surface area contributed by atoms with E-state index in [1.165, 1.54) is 23.1 Å². The summed E-state index contributed by atoms with van der Waals surface area (Å²) in [5.74, 6) is 0.809. The highest BCUT2D eigenvalue weighted by Gasteiger charge is 2.10. The fraction of sp³-hybridized carbons (Fsp3) is 0.412. The Bertz CT molecular complexity index is 714. The zero-order valence-electron chi connectivity index (χ0n) is 14.5. The molecular weight excluding hydrogens is 356 g/mol. The van der Waals surface area contributed by atoms with E-state index >= 15 is 0 Å². The van der Waals surface area contributed by atoms with Crippen molar-refractivity contribution in [1.29, 1.82) is 0 Å². The standard InChI is InChI=1S/C17H22N4O2S2/c1-4-15(23)19-13-7-5-12(6-8-13)14(22)10-24-17-21-20-16(25-17)18-9-11(2)3/h5-8,11H,4,9-10H2,1-3H3,(H,18,20)(H,19,23). The first kappa shape index (κ1) is 19.4. The number of nitrogens with zero attached hydrogens (tertiary/aromatic N) is 2. The van der Waals surface area contributed by atoms with Crippen molar-refractivity contribution in [2.75, 3.05) is 22.9 Å². The summed E-state index contributed by atoms with van der Waals surface area (Å²) in [4.78, 5) is 23.6. The molecule has 0 saturated heterocycles. The number of thioether (sulfide) groups is 1. The third-order valence-electron chi connectivity index (χ3n) is 3.21. The third kappa shape index (κ3) is 6.47. The van der Waals surface area contributed by atoms with Gasteiger partial charge in [-0.2, -0.15) is 0 Å². The number of ketones is 1. The van der Waals surface area contributed by atoms with Crippen LogP contribution in [0.1, 0.15) is 37.6 Å². The zero-order valence-corrected chi connectivity index (χ0v) is 16.2. The highest BCUT2D eigenvalue weighted by atomic mass is 32.2. The average molecular weight is 379 g/mol. The van der Waals surface area contributed by atoms with Crippen LogP contribution in [0.3, 0.4) is 0 Å². The van der Waals surface area contributed by atoms with Crippen molar-refractivity contribution in [3.63, 3.8) is 0 Å². The monoisotopic (exact) mass is 378 g/mol. The summed E-state index contributed by atoms with van der Waals surface area (Å²) in [5, 5.41) is 14.9. The largest absolute Gasteiger partial charge is 0.360 e. The summed E-state index contributed by atoms with van der Waals surface area (Å²) in [6, 6.07) is 6.93. The molecule has 0 unspecified atom stereocenters. The highest BCUT2D eigenvalue weighted by Crippen LogP contribution is 2.26. The Hall–Kier alpha value is -1.93. The second-order valence-electron chi connectivity index (χ2n) is 5.84. The number of Topliss-reactive ketones (excluding diaryl/α,β-unsaturated/α-hetero) is 1.